The van der Waals surface area contributed by atoms with Gasteiger partial charge in [-0.05, 0) is 51.8 Å². The summed E-state index contributed by atoms with van der Waals surface area (Å²) < 4.78 is 45.1. The second kappa shape index (κ2) is 20.9. The molecule has 0 spiro atoms. The summed E-state index contributed by atoms with van der Waals surface area (Å²) in [4.78, 5) is 70.9. The van der Waals surface area contributed by atoms with Gasteiger partial charge in [0.25, 0.3) is 5.91 Å². The van der Waals surface area contributed by atoms with Crippen molar-refractivity contribution in [2.45, 2.75) is 112 Å². The Morgan fingerprint density at radius 3 is 2.29 bits per heavy atom. The number of allylic oxidation sites excluding steroid dienone is 2. The van der Waals surface area contributed by atoms with Crippen LogP contribution in [0.5, 0.6) is 11.5 Å². The van der Waals surface area contributed by atoms with Crippen LogP contribution in [0.15, 0.2) is 86.8 Å². The zero-order valence-electron chi connectivity index (χ0n) is 45.3. The molecule has 2 saturated heterocycles. The van der Waals surface area contributed by atoms with Gasteiger partial charge in [-0.25, -0.2) is 9.78 Å². The smallest absolute Gasteiger partial charge is 0.338 e. The molecule has 18 heteroatoms. The van der Waals surface area contributed by atoms with Crippen molar-refractivity contribution in [3.05, 3.63) is 110 Å². The monoisotopic (exact) mass is 1040 g/mol. The number of methoxy groups -OCH3 is 1. The van der Waals surface area contributed by atoms with Gasteiger partial charge >= 0.3 is 11.8 Å². The van der Waals surface area contributed by atoms with E-state index in [4.69, 9.17) is 37.8 Å². The largest absolute Gasteiger partial charge is 0.507 e. The molecule has 10 rings (SSSR count). The molecule has 0 radical (unpaired) electrons. The van der Waals surface area contributed by atoms with Crippen LogP contribution < -0.4 is 31.0 Å². The molecule has 2 fully saturated rings. The molecule has 1 amide bonds. The Bertz CT molecular complexity index is 3360. The van der Waals surface area contributed by atoms with Gasteiger partial charge in [-0.3, -0.25) is 24.3 Å². The molecule has 7 bridgehead atoms. The summed E-state index contributed by atoms with van der Waals surface area (Å²) in [5.74, 6) is -6.29. The first-order chi connectivity index (χ1) is 36.0. The number of piperazine rings is 1. The number of hydrogen-bond acceptors (Lipinski definition) is 17. The Morgan fingerprint density at radius 1 is 0.908 bits per heavy atom. The summed E-state index contributed by atoms with van der Waals surface area (Å²) in [6.45, 7) is 24.4. The fourth-order valence-corrected chi connectivity index (χ4v) is 11.3. The van der Waals surface area contributed by atoms with Crippen LogP contribution in [0.3, 0.4) is 0 Å². The SMILES string of the molecule is COC1C=COC2(C)Oc3c(C)c(O)c4c(=O)c(c5oc6cc(N7CCN(CC(C)C)CC7)cc(=O)c6nc5c4c3=C2O)NC(=O)C(C)=CC=CC(C)C2OC(C)(C)OC(C2C)C(C)C(OC(=O)c2ccncc2)C1C. The minimum atomic E-state index is -1.98. The van der Waals surface area contributed by atoms with Crippen LogP contribution in [0, 0.1) is 36.5 Å². The molecule has 3 N–H and O–H groups in total. The molecule has 9 unspecified atom stereocenters. The highest BCUT2D eigenvalue weighted by Crippen LogP contribution is 2.44. The number of carbonyl (C=O) groups excluding carboxylic acids is 2. The van der Waals surface area contributed by atoms with Gasteiger partial charge in [0.2, 0.25) is 10.9 Å². The lowest BCUT2D eigenvalue weighted by molar-refractivity contribution is -0.336. The van der Waals surface area contributed by atoms with Crippen LogP contribution in [0.2, 0.25) is 0 Å². The number of aromatic nitrogens is 2. The topological polar surface area (TPSA) is 222 Å². The highest BCUT2D eigenvalue weighted by Gasteiger charge is 2.49. The first-order valence-corrected chi connectivity index (χ1v) is 26.1. The van der Waals surface area contributed by atoms with E-state index in [2.05, 4.69) is 33.9 Å². The second-order valence-electron chi connectivity index (χ2n) is 21.8. The molecule has 0 saturated carbocycles. The van der Waals surface area contributed by atoms with Gasteiger partial charge in [-0.15, -0.1) is 0 Å². The maximum absolute atomic E-state index is 15.1. The van der Waals surface area contributed by atoms with Crippen LogP contribution >= 0.6 is 0 Å². The lowest BCUT2D eigenvalue weighted by Gasteiger charge is -2.50. The Kier molecular flexibility index (Phi) is 14.9. The van der Waals surface area contributed by atoms with Crippen LogP contribution in [-0.2, 0) is 28.5 Å². The van der Waals surface area contributed by atoms with Crippen molar-refractivity contribution >= 4 is 62.0 Å². The number of phenols is 1. The number of esters is 1. The van der Waals surface area contributed by atoms with Gasteiger partial charge in [-0.2, -0.15) is 0 Å². The van der Waals surface area contributed by atoms with E-state index in [9.17, 15) is 24.6 Å². The number of anilines is 2. The van der Waals surface area contributed by atoms with Gasteiger partial charge in [0.15, 0.2) is 28.2 Å². The molecular weight excluding hydrogens is 975 g/mol. The fraction of sp³-hybridized carbons (Fsp3) is 0.483. The van der Waals surface area contributed by atoms with E-state index in [0.717, 1.165) is 19.6 Å². The minimum Gasteiger partial charge on any atom is -0.507 e. The third kappa shape index (κ3) is 10.0. The number of carbonyl (C=O) groups is 2. The standard InChI is InChI=1S/C58H69N5O13/c1-29(2)28-62-21-23-63(24-22-62)37-26-38(64)44-40(27-37)72-53-45(60-44)41-42-47(65)33(6)52-43(41)54(67)58(11,76-52)71-25-18-39(70-12)32(5)50(73-56(69)36-16-19-59-20-17-36)35(8)51-34(7)49(74-57(9,10)75-51)30(3)14-13-15-31(4)55(68)61-46(53)48(42)66/h13-20,25-27,29-30,32,34-35,39,49-51,65,67H,21-24,28H2,1-12H3,(H,61,68). The van der Waals surface area contributed by atoms with Crippen molar-refractivity contribution in [2.75, 3.05) is 50.1 Å². The molecule has 7 heterocycles. The van der Waals surface area contributed by atoms with Crippen molar-refractivity contribution < 1.29 is 52.6 Å². The molecular formula is C58H69N5O13. The average Bonchev–Trinajstić information content (AvgIpc) is 3.75. The van der Waals surface area contributed by atoms with Gasteiger partial charge < -0.3 is 53.3 Å². The zero-order valence-corrected chi connectivity index (χ0v) is 45.3. The Morgan fingerprint density at radius 2 is 1.61 bits per heavy atom. The summed E-state index contributed by atoms with van der Waals surface area (Å²) in [6, 6.07) is 6.35. The number of fused-ring (bicyclic) bond motifs is 10. The number of phenolic OH excluding ortho intramolecular Hbond substituents is 1. The van der Waals surface area contributed by atoms with Crippen molar-refractivity contribution in [2.24, 2.45) is 29.6 Å². The van der Waals surface area contributed by atoms with E-state index in [1.807, 2.05) is 47.6 Å². The lowest BCUT2D eigenvalue weighted by atomic mass is 9.77. The maximum atomic E-state index is 15.1. The van der Waals surface area contributed by atoms with Crippen molar-refractivity contribution in [1.82, 2.24) is 14.9 Å². The zero-order chi connectivity index (χ0) is 54.7. The van der Waals surface area contributed by atoms with Crippen molar-refractivity contribution in [3.8, 4) is 11.5 Å². The van der Waals surface area contributed by atoms with Crippen molar-refractivity contribution in [3.63, 3.8) is 0 Å². The minimum absolute atomic E-state index is 0.0298. The number of benzene rings is 3. The number of pyridine rings is 1. The summed E-state index contributed by atoms with van der Waals surface area (Å²) in [5, 5.41) is 26.7. The van der Waals surface area contributed by atoms with Crippen LogP contribution in [-0.4, -0.2) is 113 Å². The predicted molar refractivity (Wildman–Crippen MR) is 288 cm³/mol. The normalized spacial score (nSPS) is 27.5. The quantitative estimate of drug-likeness (QED) is 0.0838. The third-order valence-electron chi connectivity index (χ3n) is 15.4. The van der Waals surface area contributed by atoms with Gasteiger partial charge in [0.05, 0.1) is 40.7 Å². The predicted octanol–water partition coefficient (Wildman–Crippen LogP) is 7.83. The van der Waals surface area contributed by atoms with E-state index >= 15 is 4.79 Å². The number of nitrogens with zero attached hydrogens (tertiary/aromatic N) is 4. The summed E-state index contributed by atoms with van der Waals surface area (Å²) in [5.41, 5.74) is -0.784. The Hall–Kier alpha value is -6.86. The van der Waals surface area contributed by atoms with E-state index in [1.54, 1.807) is 43.4 Å². The number of amides is 1. The Balaban J connectivity index is 1.22. The number of nitrogens with one attached hydrogen (secondary N) is 1. The van der Waals surface area contributed by atoms with Gasteiger partial charge in [0.1, 0.15) is 28.8 Å². The molecule has 5 aliphatic heterocycles. The number of hydrogen-bond donors (Lipinski definition) is 3. The molecule has 18 nitrogen and oxygen atoms in total. The average molecular weight is 1040 g/mol. The summed E-state index contributed by atoms with van der Waals surface area (Å²) in [6.07, 6.45) is 8.74. The number of aromatic hydroxyl groups is 1. The summed E-state index contributed by atoms with van der Waals surface area (Å²) >= 11 is 0. The Labute approximate surface area is 440 Å². The highest BCUT2D eigenvalue weighted by atomic mass is 16.7. The summed E-state index contributed by atoms with van der Waals surface area (Å²) in [7, 11) is 1.52. The third-order valence-corrected chi connectivity index (χ3v) is 15.4. The molecule has 404 valence electrons. The number of ether oxygens (including phenoxy) is 6. The molecule has 2 aromatic heterocycles. The van der Waals surface area contributed by atoms with Crippen LogP contribution in [0.4, 0.5) is 11.4 Å². The second-order valence-corrected chi connectivity index (χ2v) is 21.8. The van der Waals surface area contributed by atoms with Crippen molar-refractivity contribution in [1.29, 1.82) is 0 Å². The van der Waals surface area contributed by atoms with E-state index in [0.29, 0.717) is 30.3 Å². The number of aliphatic hydroxyl groups is 1. The van der Waals surface area contributed by atoms with Gasteiger partial charge in [0, 0.05) is 117 Å². The molecule has 9 atom stereocenters. The van der Waals surface area contributed by atoms with Crippen LogP contribution in [0.1, 0.15) is 85.2 Å². The first-order valence-electron chi connectivity index (χ1n) is 26.1. The molecule has 76 heavy (non-hydrogen) atoms. The first kappa shape index (κ1) is 53.9. The highest BCUT2D eigenvalue weighted by molar-refractivity contribution is 6.17. The van der Waals surface area contributed by atoms with E-state index in [-0.39, 0.29) is 72.6 Å². The van der Waals surface area contributed by atoms with E-state index < -0.39 is 82.1 Å². The molecule has 5 aliphatic rings. The lowest BCUT2D eigenvalue weighted by Crippen LogP contribution is -2.56. The molecule has 5 aromatic rings. The van der Waals surface area contributed by atoms with Gasteiger partial charge in [-0.1, -0.05) is 59.8 Å². The maximum Gasteiger partial charge on any atom is 0.338 e. The van der Waals surface area contributed by atoms with E-state index in [1.165, 1.54) is 45.7 Å². The molecule has 3 aromatic carbocycles. The number of rotatable bonds is 6. The van der Waals surface area contributed by atoms with Crippen LogP contribution in [0.25, 0.3) is 38.7 Å². The number of aliphatic hydroxyl groups excluding tert-OH is 1. The molecule has 0 aliphatic carbocycles. The fourth-order valence-electron chi connectivity index (χ4n) is 11.3.